The monoisotopic (exact) mass is 217 g/mol. The van der Waals surface area contributed by atoms with Crippen LogP contribution in [0.4, 0.5) is 0 Å². The van der Waals surface area contributed by atoms with Crippen molar-refractivity contribution in [3.63, 3.8) is 0 Å². The predicted molar refractivity (Wildman–Crippen MR) is 61.2 cm³/mol. The highest BCUT2D eigenvalue weighted by Crippen LogP contribution is 2.13. The highest BCUT2D eigenvalue weighted by atomic mass is 16.5. The molecule has 0 radical (unpaired) electrons. The van der Waals surface area contributed by atoms with Crippen LogP contribution in [0.15, 0.2) is 30.6 Å². The minimum atomic E-state index is 0.446. The third-order valence-corrected chi connectivity index (χ3v) is 2.50. The number of aromatic nitrogens is 3. The van der Waals surface area contributed by atoms with Crippen molar-refractivity contribution in [2.45, 2.75) is 20.0 Å². The minimum absolute atomic E-state index is 0.446. The molecule has 0 fully saturated rings. The van der Waals surface area contributed by atoms with Crippen LogP contribution in [0.25, 0.3) is 0 Å². The van der Waals surface area contributed by atoms with Crippen molar-refractivity contribution >= 4 is 0 Å². The SMILES string of the molecule is CCc1ccc(OCc2nncn2C)cc1. The highest BCUT2D eigenvalue weighted by molar-refractivity contribution is 5.27. The summed E-state index contributed by atoms with van der Waals surface area (Å²) >= 11 is 0. The number of hydrogen-bond acceptors (Lipinski definition) is 3. The van der Waals surface area contributed by atoms with E-state index >= 15 is 0 Å². The summed E-state index contributed by atoms with van der Waals surface area (Å²) in [6, 6.07) is 8.11. The maximum Gasteiger partial charge on any atom is 0.170 e. The van der Waals surface area contributed by atoms with Crippen LogP contribution in [0, 0.1) is 0 Å². The van der Waals surface area contributed by atoms with Crippen molar-refractivity contribution in [2.24, 2.45) is 7.05 Å². The van der Waals surface area contributed by atoms with Crippen LogP contribution in [0.3, 0.4) is 0 Å². The van der Waals surface area contributed by atoms with Crippen molar-refractivity contribution in [1.82, 2.24) is 14.8 Å². The van der Waals surface area contributed by atoms with Crippen LogP contribution in [0.5, 0.6) is 5.75 Å². The van der Waals surface area contributed by atoms with Gasteiger partial charge in [0.1, 0.15) is 18.7 Å². The maximum absolute atomic E-state index is 5.61. The molecule has 0 saturated carbocycles. The van der Waals surface area contributed by atoms with Gasteiger partial charge in [-0.15, -0.1) is 10.2 Å². The molecule has 4 nitrogen and oxygen atoms in total. The van der Waals surface area contributed by atoms with Gasteiger partial charge < -0.3 is 9.30 Å². The van der Waals surface area contributed by atoms with Gasteiger partial charge in [0.15, 0.2) is 5.82 Å². The zero-order valence-electron chi connectivity index (χ0n) is 9.55. The zero-order valence-corrected chi connectivity index (χ0v) is 9.55. The smallest absolute Gasteiger partial charge is 0.170 e. The second-order valence-electron chi connectivity index (χ2n) is 3.64. The second kappa shape index (κ2) is 4.79. The summed E-state index contributed by atoms with van der Waals surface area (Å²) in [5.41, 5.74) is 1.31. The van der Waals surface area contributed by atoms with Crippen molar-refractivity contribution in [1.29, 1.82) is 0 Å². The first-order valence-corrected chi connectivity index (χ1v) is 5.34. The van der Waals surface area contributed by atoms with Gasteiger partial charge in [-0.25, -0.2) is 0 Å². The van der Waals surface area contributed by atoms with Crippen molar-refractivity contribution in [2.75, 3.05) is 0 Å². The van der Waals surface area contributed by atoms with E-state index in [1.165, 1.54) is 5.56 Å². The number of benzene rings is 1. The molecule has 4 heteroatoms. The third kappa shape index (κ3) is 2.39. The van der Waals surface area contributed by atoms with Crippen molar-refractivity contribution < 1.29 is 4.74 Å². The molecule has 84 valence electrons. The van der Waals surface area contributed by atoms with E-state index in [4.69, 9.17) is 4.74 Å². The topological polar surface area (TPSA) is 39.9 Å². The standard InChI is InChI=1S/C12H15N3O/c1-3-10-4-6-11(7-5-10)16-8-12-14-13-9-15(12)2/h4-7,9H,3,8H2,1-2H3. The summed E-state index contributed by atoms with van der Waals surface area (Å²) in [5, 5.41) is 7.75. The van der Waals surface area contributed by atoms with E-state index in [9.17, 15) is 0 Å². The number of hydrogen-bond donors (Lipinski definition) is 0. The quantitative estimate of drug-likeness (QED) is 0.786. The first kappa shape index (κ1) is 10.7. The van der Waals surface area contributed by atoms with E-state index in [1.54, 1.807) is 6.33 Å². The molecular formula is C12H15N3O. The molecule has 1 aromatic carbocycles. The fourth-order valence-electron chi connectivity index (χ4n) is 1.41. The molecule has 0 aliphatic rings. The summed E-state index contributed by atoms with van der Waals surface area (Å²) < 4.78 is 7.46. The molecule has 0 aliphatic carbocycles. The molecule has 2 rings (SSSR count). The summed E-state index contributed by atoms with van der Waals surface area (Å²) in [7, 11) is 1.90. The Kier molecular flexibility index (Phi) is 3.19. The highest BCUT2D eigenvalue weighted by Gasteiger charge is 2.01. The van der Waals surface area contributed by atoms with E-state index in [0.29, 0.717) is 6.61 Å². The molecule has 2 aromatic rings. The Bertz CT molecular complexity index is 448. The number of nitrogens with zero attached hydrogens (tertiary/aromatic N) is 3. The number of ether oxygens (including phenoxy) is 1. The Hall–Kier alpha value is -1.84. The van der Waals surface area contributed by atoms with Crippen molar-refractivity contribution in [3.05, 3.63) is 42.0 Å². The molecule has 0 saturated heterocycles. The van der Waals surface area contributed by atoms with E-state index in [0.717, 1.165) is 18.0 Å². The van der Waals surface area contributed by atoms with Crippen LogP contribution in [-0.2, 0) is 20.1 Å². The molecule has 0 spiro atoms. The van der Waals surface area contributed by atoms with E-state index in [-0.39, 0.29) is 0 Å². The zero-order chi connectivity index (χ0) is 11.4. The number of aryl methyl sites for hydroxylation is 2. The van der Waals surface area contributed by atoms with Crippen LogP contribution in [0.1, 0.15) is 18.3 Å². The van der Waals surface area contributed by atoms with Crippen LogP contribution in [0.2, 0.25) is 0 Å². The second-order valence-corrected chi connectivity index (χ2v) is 3.64. The Balaban J connectivity index is 1.97. The first-order chi connectivity index (χ1) is 7.79. The van der Waals surface area contributed by atoms with Crippen LogP contribution >= 0.6 is 0 Å². The number of rotatable bonds is 4. The molecule has 16 heavy (non-hydrogen) atoms. The van der Waals surface area contributed by atoms with Gasteiger partial charge in [0.25, 0.3) is 0 Å². The summed E-state index contributed by atoms with van der Waals surface area (Å²) in [5.74, 6) is 1.68. The largest absolute Gasteiger partial charge is 0.486 e. The van der Waals surface area contributed by atoms with E-state index < -0.39 is 0 Å². The lowest BCUT2D eigenvalue weighted by molar-refractivity contribution is 0.291. The normalized spacial score (nSPS) is 10.4. The lowest BCUT2D eigenvalue weighted by Crippen LogP contribution is -2.02. The molecule has 0 unspecified atom stereocenters. The van der Waals surface area contributed by atoms with Crippen LogP contribution < -0.4 is 4.74 Å². The first-order valence-electron chi connectivity index (χ1n) is 5.34. The Morgan fingerprint density at radius 1 is 1.25 bits per heavy atom. The van der Waals surface area contributed by atoms with Gasteiger partial charge >= 0.3 is 0 Å². The van der Waals surface area contributed by atoms with Gasteiger partial charge in [-0.05, 0) is 24.1 Å². The molecular weight excluding hydrogens is 202 g/mol. The van der Waals surface area contributed by atoms with Gasteiger partial charge in [0.05, 0.1) is 0 Å². The van der Waals surface area contributed by atoms with Gasteiger partial charge in [-0.2, -0.15) is 0 Å². The molecule has 1 aromatic heterocycles. The Morgan fingerprint density at radius 3 is 2.56 bits per heavy atom. The van der Waals surface area contributed by atoms with E-state index in [1.807, 2.05) is 23.7 Å². The molecule has 0 atom stereocenters. The van der Waals surface area contributed by atoms with Crippen molar-refractivity contribution in [3.8, 4) is 5.75 Å². The van der Waals surface area contributed by atoms with Gasteiger partial charge in [0.2, 0.25) is 0 Å². The molecule has 0 bridgehead atoms. The minimum Gasteiger partial charge on any atom is -0.486 e. The lowest BCUT2D eigenvalue weighted by Gasteiger charge is -2.05. The Morgan fingerprint density at radius 2 is 2.00 bits per heavy atom. The third-order valence-electron chi connectivity index (χ3n) is 2.50. The average Bonchev–Trinajstić information content (AvgIpc) is 2.73. The summed E-state index contributed by atoms with van der Waals surface area (Å²) in [6.45, 7) is 2.58. The predicted octanol–water partition coefficient (Wildman–Crippen LogP) is 1.96. The molecule has 1 heterocycles. The fourth-order valence-corrected chi connectivity index (χ4v) is 1.41. The van der Waals surface area contributed by atoms with Gasteiger partial charge in [-0.3, -0.25) is 0 Å². The fraction of sp³-hybridized carbons (Fsp3) is 0.333. The maximum atomic E-state index is 5.61. The van der Waals surface area contributed by atoms with E-state index in [2.05, 4.69) is 29.3 Å². The van der Waals surface area contributed by atoms with Crippen LogP contribution in [-0.4, -0.2) is 14.8 Å². The van der Waals surface area contributed by atoms with Gasteiger partial charge in [-0.1, -0.05) is 19.1 Å². The Labute approximate surface area is 94.9 Å². The lowest BCUT2D eigenvalue weighted by atomic mass is 10.2. The molecule has 0 amide bonds. The summed E-state index contributed by atoms with van der Waals surface area (Å²) in [4.78, 5) is 0. The van der Waals surface area contributed by atoms with Gasteiger partial charge in [0, 0.05) is 7.05 Å². The summed E-state index contributed by atoms with van der Waals surface area (Å²) in [6.07, 6.45) is 2.71. The molecule has 0 N–H and O–H groups in total. The average molecular weight is 217 g/mol. The molecule has 0 aliphatic heterocycles.